The summed E-state index contributed by atoms with van der Waals surface area (Å²) in [5.74, 6) is 0. The topological polar surface area (TPSA) is 3.24 Å². The molecule has 56 valence electrons. The van der Waals surface area contributed by atoms with Gasteiger partial charge in [0.05, 0.1) is 12.2 Å². The van der Waals surface area contributed by atoms with Gasteiger partial charge in [0.1, 0.15) is 0 Å². The van der Waals surface area contributed by atoms with Crippen molar-refractivity contribution < 1.29 is 4.48 Å². The quantitative estimate of drug-likeness (QED) is 0.512. The summed E-state index contributed by atoms with van der Waals surface area (Å²) in [6, 6.07) is 7.42. The van der Waals surface area contributed by atoms with E-state index in [1.807, 2.05) is 30.4 Å². The zero-order chi connectivity index (χ0) is 7.68. The molecule has 0 aliphatic carbocycles. The maximum atomic E-state index is 13.0. The number of hydrogen-bond acceptors (Lipinski definition) is 1. The van der Waals surface area contributed by atoms with Gasteiger partial charge in [0.15, 0.2) is 0 Å². The second-order valence-electron chi connectivity index (χ2n) is 2.51. The van der Waals surface area contributed by atoms with Crippen LogP contribution in [0, 0.1) is 0 Å². The van der Waals surface area contributed by atoms with Crippen molar-refractivity contribution in [2.45, 2.75) is 0 Å². The minimum atomic E-state index is 0.358. The van der Waals surface area contributed by atoms with E-state index in [4.69, 9.17) is 0 Å². The van der Waals surface area contributed by atoms with E-state index in [2.05, 4.69) is 0 Å². The minimum absolute atomic E-state index is 0.358. The molecule has 2 heteroatoms. The van der Waals surface area contributed by atoms with Crippen LogP contribution in [0.4, 0.5) is 10.2 Å². The van der Waals surface area contributed by atoms with Crippen molar-refractivity contribution in [1.29, 1.82) is 0 Å². The summed E-state index contributed by atoms with van der Waals surface area (Å²) in [7, 11) is 0. The molecule has 0 saturated carbocycles. The first-order valence-electron chi connectivity index (χ1n) is 3.57. The Morgan fingerprint density at radius 3 is 2.91 bits per heavy atom. The monoisotopic (exact) mass is 149 g/mol. The third-order valence-electron chi connectivity index (χ3n) is 1.76. The molecular weight excluding hydrogens is 141 g/mol. The van der Waals surface area contributed by atoms with Crippen molar-refractivity contribution in [1.82, 2.24) is 0 Å². The number of fused-ring (bicyclic) bond motifs is 1. The predicted octanol–water partition coefficient (Wildman–Crippen LogP) is 2.40. The Morgan fingerprint density at radius 2 is 2.09 bits per heavy atom. The molecule has 11 heavy (non-hydrogen) atoms. The minimum Gasteiger partial charge on any atom is -0.207 e. The fraction of sp³-hybridized carbons (Fsp3) is 0.111. The molecule has 1 aliphatic heterocycles. The highest BCUT2D eigenvalue weighted by molar-refractivity contribution is 5.69. The van der Waals surface area contributed by atoms with Gasteiger partial charge in [0, 0.05) is 5.56 Å². The molecule has 2 rings (SSSR count). The molecular formula is C9H8FN. The molecule has 0 unspecified atom stereocenters. The van der Waals surface area contributed by atoms with Crippen molar-refractivity contribution in [3.8, 4) is 0 Å². The Labute approximate surface area is 64.7 Å². The number of rotatable bonds is 0. The third kappa shape index (κ3) is 1.00. The second kappa shape index (κ2) is 2.38. The van der Waals surface area contributed by atoms with Gasteiger partial charge in [-0.05, 0) is 6.07 Å². The maximum absolute atomic E-state index is 13.0. The summed E-state index contributed by atoms with van der Waals surface area (Å²) < 4.78 is 13.0. The zero-order valence-electron chi connectivity index (χ0n) is 6.00. The van der Waals surface area contributed by atoms with E-state index in [9.17, 15) is 4.48 Å². The van der Waals surface area contributed by atoms with Crippen LogP contribution in [-0.2, 0) is 0 Å². The van der Waals surface area contributed by atoms with E-state index in [1.165, 1.54) is 0 Å². The molecule has 1 aromatic carbocycles. The molecule has 1 aliphatic rings. The van der Waals surface area contributed by atoms with Crippen LogP contribution in [0.25, 0.3) is 6.08 Å². The molecule has 0 radical (unpaired) electrons. The lowest BCUT2D eigenvalue weighted by molar-refractivity contribution is 0.453. The van der Waals surface area contributed by atoms with Gasteiger partial charge >= 0.3 is 0 Å². The molecule has 0 saturated heterocycles. The van der Waals surface area contributed by atoms with Crippen LogP contribution < -0.4 is 5.12 Å². The van der Waals surface area contributed by atoms with Gasteiger partial charge in [-0.1, -0.05) is 34.8 Å². The molecule has 1 heterocycles. The Hall–Kier alpha value is -1.31. The molecule has 0 bridgehead atoms. The highest BCUT2D eigenvalue weighted by Gasteiger charge is 2.09. The lowest BCUT2D eigenvalue weighted by atomic mass is 10.1. The number of anilines is 1. The van der Waals surface area contributed by atoms with E-state index < -0.39 is 0 Å². The number of benzene rings is 1. The summed E-state index contributed by atoms with van der Waals surface area (Å²) >= 11 is 0. The highest BCUT2D eigenvalue weighted by atomic mass is 19.2. The van der Waals surface area contributed by atoms with Gasteiger partial charge in [-0.3, -0.25) is 0 Å². The first-order chi connectivity index (χ1) is 5.38. The normalized spacial score (nSPS) is 14.8. The van der Waals surface area contributed by atoms with Gasteiger partial charge in [-0.2, -0.15) is 0 Å². The molecule has 0 atom stereocenters. The van der Waals surface area contributed by atoms with Gasteiger partial charge in [-0.25, -0.2) is 5.12 Å². The Kier molecular flexibility index (Phi) is 1.39. The van der Waals surface area contributed by atoms with Crippen LogP contribution in [0.15, 0.2) is 30.3 Å². The first kappa shape index (κ1) is 6.40. The average molecular weight is 149 g/mol. The molecule has 0 N–H and O–H groups in total. The summed E-state index contributed by atoms with van der Waals surface area (Å²) in [6.45, 7) is 0.358. The first-order valence-corrected chi connectivity index (χ1v) is 3.57. The van der Waals surface area contributed by atoms with Crippen molar-refractivity contribution in [3.05, 3.63) is 35.9 Å². The van der Waals surface area contributed by atoms with Gasteiger partial charge in [0.2, 0.25) is 0 Å². The van der Waals surface area contributed by atoms with E-state index in [0.29, 0.717) is 12.2 Å². The summed E-state index contributed by atoms with van der Waals surface area (Å²) in [4.78, 5) is 0. The van der Waals surface area contributed by atoms with E-state index in [0.717, 1.165) is 10.7 Å². The number of nitrogens with zero attached hydrogens (tertiary/aromatic N) is 1. The smallest absolute Gasteiger partial charge is 0.0763 e. The van der Waals surface area contributed by atoms with Crippen LogP contribution in [0.1, 0.15) is 5.56 Å². The lowest BCUT2D eigenvalue weighted by Gasteiger charge is -2.17. The van der Waals surface area contributed by atoms with Gasteiger partial charge < -0.3 is 0 Å². The van der Waals surface area contributed by atoms with Crippen molar-refractivity contribution in [2.75, 3.05) is 11.7 Å². The van der Waals surface area contributed by atoms with Crippen molar-refractivity contribution in [2.24, 2.45) is 0 Å². The van der Waals surface area contributed by atoms with Crippen molar-refractivity contribution >= 4 is 11.8 Å². The fourth-order valence-electron chi connectivity index (χ4n) is 1.22. The van der Waals surface area contributed by atoms with Crippen LogP contribution in [0.3, 0.4) is 0 Å². The van der Waals surface area contributed by atoms with Crippen LogP contribution >= 0.6 is 0 Å². The standard InChI is InChI=1S/C9H8FN/c10-11-7-3-5-8-4-1-2-6-9(8)11/h1-6H,7H2. The number of halogens is 1. The molecule has 1 aromatic rings. The summed E-state index contributed by atoms with van der Waals surface area (Å²) in [5.41, 5.74) is 1.61. The van der Waals surface area contributed by atoms with E-state index in [1.54, 1.807) is 6.07 Å². The van der Waals surface area contributed by atoms with Gasteiger partial charge in [0.25, 0.3) is 0 Å². The van der Waals surface area contributed by atoms with Crippen LogP contribution in [0.5, 0.6) is 0 Å². The largest absolute Gasteiger partial charge is 0.207 e. The number of para-hydroxylation sites is 1. The third-order valence-corrected chi connectivity index (χ3v) is 1.76. The van der Waals surface area contributed by atoms with Crippen molar-refractivity contribution in [3.63, 3.8) is 0 Å². The van der Waals surface area contributed by atoms with E-state index in [-0.39, 0.29) is 0 Å². The Balaban J connectivity index is 2.54. The van der Waals surface area contributed by atoms with Crippen LogP contribution in [-0.4, -0.2) is 6.54 Å². The van der Waals surface area contributed by atoms with Crippen LogP contribution in [0.2, 0.25) is 0 Å². The zero-order valence-corrected chi connectivity index (χ0v) is 6.00. The molecule has 0 fully saturated rings. The lowest BCUT2D eigenvalue weighted by Crippen LogP contribution is -2.14. The maximum Gasteiger partial charge on any atom is 0.0763 e. The van der Waals surface area contributed by atoms with E-state index >= 15 is 0 Å². The predicted molar refractivity (Wildman–Crippen MR) is 43.9 cm³/mol. The summed E-state index contributed by atoms with van der Waals surface area (Å²) in [6.07, 6.45) is 3.74. The molecule has 0 aromatic heterocycles. The second-order valence-corrected chi connectivity index (χ2v) is 2.51. The van der Waals surface area contributed by atoms with Gasteiger partial charge in [-0.15, -0.1) is 0 Å². The Morgan fingerprint density at radius 1 is 1.27 bits per heavy atom. The molecule has 0 spiro atoms. The molecule has 0 amide bonds. The molecule has 1 nitrogen and oxygen atoms in total. The summed E-state index contributed by atoms with van der Waals surface area (Å²) in [5, 5.41) is 0.745. The fourth-order valence-corrected chi connectivity index (χ4v) is 1.22. The SMILES string of the molecule is FN1CC=Cc2ccccc21. The number of hydrogen-bond donors (Lipinski definition) is 0. The Bertz CT molecular complexity index is 293. The highest BCUT2D eigenvalue weighted by Crippen LogP contribution is 2.24. The average Bonchev–Trinajstić information content (AvgIpc) is 2.06.